The summed E-state index contributed by atoms with van der Waals surface area (Å²) in [6.07, 6.45) is -1.86. The van der Waals surface area contributed by atoms with Crippen LogP contribution >= 0.6 is 11.3 Å². The van der Waals surface area contributed by atoms with Crippen LogP contribution in [0, 0.1) is 0 Å². The summed E-state index contributed by atoms with van der Waals surface area (Å²) >= 11 is 1.48. The van der Waals surface area contributed by atoms with Crippen molar-refractivity contribution in [2.45, 2.75) is 25.6 Å². The van der Waals surface area contributed by atoms with Gasteiger partial charge in [-0.2, -0.15) is 13.2 Å². The number of hydrogen-bond donors (Lipinski definition) is 1. The molecule has 2 rings (SSSR count). The standard InChI is InChI=1S/C12H12F3N3S/c1-11(2,10-16-5-6-19-10)18-9-4-3-8(7-17-9)12(13,14)15/h3-7H,1-2H3,(H,17,18). The molecular weight excluding hydrogens is 275 g/mol. The van der Waals surface area contributed by atoms with Crippen LogP contribution in [0.2, 0.25) is 0 Å². The lowest BCUT2D eigenvalue weighted by Crippen LogP contribution is -2.28. The largest absolute Gasteiger partial charge is 0.417 e. The molecule has 0 aliphatic rings. The van der Waals surface area contributed by atoms with E-state index >= 15 is 0 Å². The summed E-state index contributed by atoms with van der Waals surface area (Å²) in [6, 6.07) is 2.32. The van der Waals surface area contributed by atoms with Crippen LogP contribution in [0.1, 0.15) is 24.4 Å². The molecule has 0 unspecified atom stereocenters. The molecule has 0 fully saturated rings. The smallest absolute Gasteiger partial charge is 0.359 e. The minimum atomic E-state index is -4.36. The number of nitrogens with one attached hydrogen (secondary N) is 1. The molecule has 0 radical (unpaired) electrons. The van der Waals surface area contributed by atoms with Crippen LogP contribution in [0.5, 0.6) is 0 Å². The maximum Gasteiger partial charge on any atom is 0.417 e. The summed E-state index contributed by atoms with van der Waals surface area (Å²) in [5.74, 6) is 0.383. The zero-order chi connectivity index (χ0) is 14.1. The monoisotopic (exact) mass is 287 g/mol. The second-order valence-electron chi connectivity index (χ2n) is 4.52. The van der Waals surface area contributed by atoms with E-state index in [2.05, 4.69) is 15.3 Å². The quantitative estimate of drug-likeness (QED) is 0.930. The zero-order valence-corrected chi connectivity index (χ0v) is 11.1. The van der Waals surface area contributed by atoms with Crippen molar-refractivity contribution in [1.82, 2.24) is 9.97 Å². The van der Waals surface area contributed by atoms with Crippen molar-refractivity contribution in [1.29, 1.82) is 0 Å². The molecule has 2 aromatic rings. The number of halogens is 3. The summed E-state index contributed by atoms with van der Waals surface area (Å²) < 4.78 is 37.2. The first-order valence-electron chi connectivity index (χ1n) is 5.50. The van der Waals surface area contributed by atoms with Crippen molar-refractivity contribution < 1.29 is 13.2 Å². The molecule has 3 nitrogen and oxygen atoms in total. The van der Waals surface area contributed by atoms with Crippen LogP contribution in [0.4, 0.5) is 19.0 Å². The summed E-state index contributed by atoms with van der Waals surface area (Å²) in [5, 5.41) is 5.76. The van der Waals surface area contributed by atoms with Crippen molar-refractivity contribution in [3.05, 3.63) is 40.5 Å². The second kappa shape index (κ2) is 4.80. The van der Waals surface area contributed by atoms with Gasteiger partial charge in [0.2, 0.25) is 0 Å². The van der Waals surface area contributed by atoms with E-state index in [9.17, 15) is 13.2 Å². The van der Waals surface area contributed by atoms with E-state index in [1.165, 1.54) is 17.4 Å². The Morgan fingerprint density at radius 1 is 1.16 bits per heavy atom. The molecule has 0 saturated heterocycles. The van der Waals surface area contributed by atoms with E-state index in [4.69, 9.17) is 0 Å². The highest BCUT2D eigenvalue weighted by Crippen LogP contribution is 2.30. The Kier molecular flexibility index (Phi) is 3.49. The van der Waals surface area contributed by atoms with Gasteiger partial charge in [0.05, 0.1) is 11.1 Å². The number of thiazole rings is 1. The molecule has 102 valence electrons. The van der Waals surface area contributed by atoms with Crippen LogP contribution in [0.15, 0.2) is 29.9 Å². The molecule has 0 spiro atoms. The van der Waals surface area contributed by atoms with Gasteiger partial charge in [-0.3, -0.25) is 0 Å². The summed E-state index contributed by atoms with van der Waals surface area (Å²) in [6.45, 7) is 3.79. The Bertz CT molecular complexity index is 532. The lowest BCUT2D eigenvalue weighted by molar-refractivity contribution is -0.137. The van der Waals surface area contributed by atoms with E-state index in [1.54, 1.807) is 6.20 Å². The molecular formula is C12H12F3N3S. The first kappa shape index (κ1) is 13.8. The molecule has 1 N–H and O–H groups in total. The number of aromatic nitrogens is 2. The molecule has 0 saturated carbocycles. The number of anilines is 1. The first-order valence-corrected chi connectivity index (χ1v) is 6.38. The minimum absolute atomic E-state index is 0.383. The van der Waals surface area contributed by atoms with Gasteiger partial charge < -0.3 is 5.32 Å². The number of rotatable bonds is 3. The molecule has 0 aromatic carbocycles. The number of nitrogens with zero attached hydrogens (tertiary/aromatic N) is 2. The summed E-state index contributed by atoms with van der Waals surface area (Å²) in [7, 11) is 0. The molecule has 0 atom stereocenters. The third-order valence-electron chi connectivity index (χ3n) is 2.50. The molecule has 7 heteroatoms. The van der Waals surface area contributed by atoms with Gasteiger partial charge in [0, 0.05) is 17.8 Å². The van der Waals surface area contributed by atoms with Gasteiger partial charge in [0.15, 0.2) is 0 Å². The van der Waals surface area contributed by atoms with E-state index in [-0.39, 0.29) is 0 Å². The van der Waals surface area contributed by atoms with E-state index < -0.39 is 17.3 Å². The average Bonchev–Trinajstić information content (AvgIpc) is 2.82. The fourth-order valence-electron chi connectivity index (χ4n) is 1.54. The normalized spacial score (nSPS) is 12.5. The summed E-state index contributed by atoms with van der Waals surface area (Å²) in [5.41, 5.74) is -1.24. The molecule has 2 aromatic heterocycles. The molecule has 0 amide bonds. The van der Waals surface area contributed by atoms with Crippen LogP contribution in [0.25, 0.3) is 0 Å². The van der Waals surface area contributed by atoms with Gasteiger partial charge in [0.25, 0.3) is 0 Å². The number of hydrogen-bond acceptors (Lipinski definition) is 4. The zero-order valence-electron chi connectivity index (χ0n) is 10.3. The van der Waals surface area contributed by atoms with Crippen LogP contribution in [-0.2, 0) is 11.7 Å². The fourth-order valence-corrected chi connectivity index (χ4v) is 2.26. The average molecular weight is 287 g/mol. The Hall–Kier alpha value is -1.63. The van der Waals surface area contributed by atoms with E-state index in [0.29, 0.717) is 5.82 Å². The van der Waals surface area contributed by atoms with Crippen LogP contribution < -0.4 is 5.32 Å². The van der Waals surface area contributed by atoms with Crippen molar-refractivity contribution in [2.24, 2.45) is 0 Å². The van der Waals surface area contributed by atoms with Gasteiger partial charge in [0.1, 0.15) is 10.8 Å². The highest BCUT2D eigenvalue weighted by molar-refractivity contribution is 7.09. The number of pyridine rings is 1. The van der Waals surface area contributed by atoms with Gasteiger partial charge in [-0.1, -0.05) is 0 Å². The predicted octanol–water partition coefficient (Wildman–Crippen LogP) is 3.90. The van der Waals surface area contributed by atoms with Crippen LogP contribution in [-0.4, -0.2) is 9.97 Å². The molecule has 0 bridgehead atoms. The van der Waals surface area contributed by atoms with Crippen molar-refractivity contribution in [3.63, 3.8) is 0 Å². The lowest BCUT2D eigenvalue weighted by atomic mass is 10.1. The fraction of sp³-hybridized carbons (Fsp3) is 0.333. The first-order chi connectivity index (χ1) is 8.79. The maximum atomic E-state index is 12.4. The molecule has 19 heavy (non-hydrogen) atoms. The van der Waals surface area contributed by atoms with Gasteiger partial charge in [-0.15, -0.1) is 11.3 Å². The topological polar surface area (TPSA) is 37.8 Å². The van der Waals surface area contributed by atoms with E-state index in [1.807, 2.05) is 19.2 Å². The Labute approximate surface area is 112 Å². The van der Waals surface area contributed by atoms with Crippen molar-refractivity contribution in [3.8, 4) is 0 Å². The Morgan fingerprint density at radius 3 is 2.37 bits per heavy atom. The van der Waals surface area contributed by atoms with E-state index in [0.717, 1.165) is 17.3 Å². The Morgan fingerprint density at radius 2 is 1.89 bits per heavy atom. The van der Waals surface area contributed by atoms with Crippen LogP contribution in [0.3, 0.4) is 0 Å². The third-order valence-corrected chi connectivity index (χ3v) is 3.60. The third kappa shape index (κ3) is 3.23. The molecule has 0 aliphatic heterocycles. The lowest BCUT2D eigenvalue weighted by Gasteiger charge is -2.24. The van der Waals surface area contributed by atoms with Gasteiger partial charge in [-0.05, 0) is 26.0 Å². The van der Waals surface area contributed by atoms with Crippen molar-refractivity contribution in [2.75, 3.05) is 5.32 Å². The highest BCUT2D eigenvalue weighted by atomic mass is 32.1. The number of alkyl halides is 3. The summed E-state index contributed by atoms with van der Waals surface area (Å²) in [4.78, 5) is 7.98. The minimum Gasteiger partial charge on any atom is -0.359 e. The Balaban J connectivity index is 2.16. The van der Waals surface area contributed by atoms with Gasteiger partial charge in [-0.25, -0.2) is 9.97 Å². The molecule has 2 heterocycles. The second-order valence-corrected chi connectivity index (χ2v) is 5.41. The maximum absolute atomic E-state index is 12.4. The van der Waals surface area contributed by atoms with Gasteiger partial charge >= 0.3 is 6.18 Å². The highest BCUT2D eigenvalue weighted by Gasteiger charge is 2.31. The predicted molar refractivity (Wildman–Crippen MR) is 68.0 cm³/mol. The van der Waals surface area contributed by atoms with Crippen molar-refractivity contribution >= 4 is 17.2 Å². The molecule has 0 aliphatic carbocycles. The SMILES string of the molecule is CC(C)(Nc1ccc(C(F)(F)F)cn1)c1nccs1.